The van der Waals surface area contributed by atoms with E-state index in [2.05, 4.69) is 36.8 Å². The standard InChI is InChI=1S/C24H17F3N8O2/c1-3-14-11-18(13(2)32-21(14)35-29-9-10-30-35)33-23(37)17-12-31-34(20(17)24(25,26)27)19-6-4-5-16-15(19)7-8-28-22(16)36/h1,4-9,11-12,30H,10H2,2H3,(H,28,36)(H,33,37). The van der Waals surface area contributed by atoms with Crippen LogP contribution in [0.2, 0.25) is 0 Å². The minimum absolute atomic E-state index is 0.00883. The zero-order valence-electron chi connectivity index (χ0n) is 19.1. The predicted octanol–water partition coefficient (Wildman–Crippen LogP) is 2.98. The molecule has 0 bridgehead atoms. The van der Waals surface area contributed by atoms with E-state index in [0.717, 1.165) is 6.20 Å². The second kappa shape index (κ2) is 8.92. The molecule has 10 nitrogen and oxygen atoms in total. The van der Waals surface area contributed by atoms with E-state index in [1.165, 1.54) is 41.6 Å². The number of hydrazone groups is 1. The predicted molar refractivity (Wildman–Crippen MR) is 131 cm³/mol. The smallest absolute Gasteiger partial charge is 0.329 e. The molecule has 5 rings (SSSR count). The molecule has 13 heteroatoms. The summed E-state index contributed by atoms with van der Waals surface area (Å²) in [5.74, 6) is 1.69. The van der Waals surface area contributed by atoms with Gasteiger partial charge in [0.15, 0.2) is 11.5 Å². The first-order valence-corrected chi connectivity index (χ1v) is 10.8. The van der Waals surface area contributed by atoms with Crippen molar-refractivity contribution in [3.05, 3.63) is 75.6 Å². The first kappa shape index (κ1) is 23.8. The van der Waals surface area contributed by atoms with Crippen molar-refractivity contribution in [3.8, 4) is 18.0 Å². The maximum absolute atomic E-state index is 14.3. The lowest BCUT2D eigenvalue weighted by Crippen LogP contribution is -2.30. The molecular weight excluding hydrogens is 489 g/mol. The number of aromatic nitrogens is 4. The van der Waals surface area contributed by atoms with Gasteiger partial charge in [0.05, 0.1) is 40.9 Å². The van der Waals surface area contributed by atoms with Gasteiger partial charge < -0.3 is 10.3 Å². The molecule has 1 aliphatic rings. The zero-order valence-corrected chi connectivity index (χ0v) is 19.1. The number of amides is 1. The molecule has 0 fully saturated rings. The number of fused-ring (bicyclic) bond motifs is 1. The van der Waals surface area contributed by atoms with Gasteiger partial charge in [0.1, 0.15) is 0 Å². The van der Waals surface area contributed by atoms with Crippen LogP contribution in [0.3, 0.4) is 0 Å². The van der Waals surface area contributed by atoms with Crippen LogP contribution in [-0.2, 0) is 6.18 Å². The summed E-state index contributed by atoms with van der Waals surface area (Å²) >= 11 is 0. The van der Waals surface area contributed by atoms with Crippen molar-refractivity contribution in [2.75, 3.05) is 17.0 Å². The topological polar surface area (TPSA) is 120 Å². The molecule has 37 heavy (non-hydrogen) atoms. The van der Waals surface area contributed by atoms with E-state index in [9.17, 15) is 22.8 Å². The number of nitrogens with one attached hydrogen (secondary N) is 3. The summed E-state index contributed by atoms with van der Waals surface area (Å²) < 4.78 is 43.4. The highest BCUT2D eigenvalue weighted by Crippen LogP contribution is 2.35. The van der Waals surface area contributed by atoms with Gasteiger partial charge in [0.25, 0.3) is 11.5 Å². The van der Waals surface area contributed by atoms with Crippen LogP contribution in [0.1, 0.15) is 27.3 Å². The van der Waals surface area contributed by atoms with E-state index in [-0.39, 0.29) is 27.7 Å². The Morgan fingerprint density at radius 1 is 1.24 bits per heavy atom. The highest BCUT2D eigenvalue weighted by molar-refractivity contribution is 6.05. The van der Waals surface area contributed by atoms with E-state index < -0.39 is 28.9 Å². The molecule has 0 saturated heterocycles. The SMILES string of the molecule is C#Cc1cc(NC(=O)c2cnn(-c3cccc4c(=O)[nH]ccc34)c2C(F)(F)F)c(C)nc1N1N=CCN1. The minimum Gasteiger partial charge on any atom is -0.329 e. The van der Waals surface area contributed by atoms with Gasteiger partial charge in [-0.1, -0.05) is 12.0 Å². The summed E-state index contributed by atoms with van der Waals surface area (Å²) in [7, 11) is 0. The molecule has 186 valence electrons. The number of anilines is 2. The van der Waals surface area contributed by atoms with Gasteiger partial charge in [-0.05, 0) is 31.2 Å². The molecule has 0 atom stereocenters. The van der Waals surface area contributed by atoms with Crippen LogP contribution >= 0.6 is 0 Å². The zero-order chi connectivity index (χ0) is 26.3. The van der Waals surface area contributed by atoms with Gasteiger partial charge in [-0.25, -0.2) is 15.1 Å². The number of nitrogens with zero attached hydrogens (tertiary/aromatic N) is 5. The number of hydrogen-bond acceptors (Lipinski definition) is 7. The van der Waals surface area contributed by atoms with E-state index >= 15 is 0 Å². The lowest BCUT2D eigenvalue weighted by atomic mass is 10.1. The molecule has 1 aromatic carbocycles. The maximum Gasteiger partial charge on any atom is 0.434 e. The van der Waals surface area contributed by atoms with Gasteiger partial charge >= 0.3 is 6.18 Å². The summed E-state index contributed by atoms with van der Waals surface area (Å²) in [6.45, 7) is 2.04. The Morgan fingerprint density at radius 3 is 2.76 bits per heavy atom. The first-order valence-electron chi connectivity index (χ1n) is 10.8. The van der Waals surface area contributed by atoms with Crippen LogP contribution < -0.4 is 21.4 Å². The van der Waals surface area contributed by atoms with Crippen molar-refractivity contribution in [2.24, 2.45) is 5.10 Å². The molecule has 0 spiro atoms. The second-order valence-corrected chi connectivity index (χ2v) is 7.92. The molecule has 0 saturated carbocycles. The Balaban J connectivity index is 1.57. The Morgan fingerprint density at radius 2 is 2.05 bits per heavy atom. The first-order chi connectivity index (χ1) is 17.7. The normalized spacial score (nSPS) is 13.2. The Bertz CT molecular complexity index is 1680. The quantitative estimate of drug-likeness (QED) is 0.366. The number of aryl methyl sites for hydroxylation is 1. The number of benzene rings is 1. The average Bonchev–Trinajstić information content (AvgIpc) is 3.55. The van der Waals surface area contributed by atoms with Crippen molar-refractivity contribution in [3.63, 3.8) is 0 Å². The van der Waals surface area contributed by atoms with Gasteiger partial charge in [-0.3, -0.25) is 9.59 Å². The number of aromatic amines is 1. The van der Waals surface area contributed by atoms with E-state index in [1.807, 2.05) is 0 Å². The van der Waals surface area contributed by atoms with Gasteiger partial charge in [0, 0.05) is 23.2 Å². The number of alkyl halides is 3. The number of halogens is 3. The number of terminal acetylenes is 1. The fourth-order valence-corrected chi connectivity index (χ4v) is 3.96. The third-order valence-electron chi connectivity index (χ3n) is 5.63. The van der Waals surface area contributed by atoms with E-state index in [4.69, 9.17) is 6.42 Å². The fraction of sp³-hybridized carbons (Fsp3) is 0.125. The number of rotatable bonds is 4. The molecule has 4 aromatic rings. The lowest BCUT2D eigenvalue weighted by Gasteiger charge is -2.18. The lowest BCUT2D eigenvalue weighted by molar-refractivity contribution is -0.143. The van der Waals surface area contributed by atoms with Crippen molar-refractivity contribution in [2.45, 2.75) is 13.1 Å². The Labute approximate surface area is 206 Å². The number of pyridine rings is 2. The van der Waals surface area contributed by atoms with E-state index in [1.54, 1.807) is 13.1 Å². The van der Waals surface area contributed by atoms with Crippen molar-refractivity contribution in [1.29, 1.82) is 0 Å². The molecule has 1 aliphatic heterocycles. The van der Waals surface area contributed by atoms with Gasteiger partial charge in [-0.15, -0.1) is 6.42 Å². The third kappa shape index (κ3) is 4.19. The molecule has 0 aliphatic carbocycles. The van der Waals surface area contributed by atoms with Crippen LogP contribution in [0.25, 0.3) is 16.5 Å². The minimum atomic E-state index is -4.95. The number of H-pyrrole nitrogens is 1. The second-order valence-electron chi connectivity index (χ2n) is 7.92. The van der Waals surface area contributed by atoms with Crippen molar-refractivity contribution < 1.29 is 18.0 Å². The molecular formula is C24H17F3N8O2. The van der Waals surface area contributed by atoms with Crippen LogP contribution in [0.15, 0.2) is 52.6 Å². The summed E-state index contributed by atoms with van der Waals surface area (Å²) in [5.41, 5.74) is 1.13. The van der Waals surface area contributed by atoms with Crippen LogP contribution in [-0.4, -0.2) is 38.4 Å². The largest absolute Gasteiger partial charge is 0.434 e. The Kier molecular flexibility index (Phi) is 5.73. The summed E-state index contributed by atoms with van der Waals surface area (Å²) in [6.07, 6.45) is 4.39. The van der Waals surface area contributed by atoms with Crippen molar-refractivity contribution >= 4 is 34.4 Å². The van der Waals surface area contributed by atoms with E-state index in [0.29, 0.717) is 22.7 Å². The number of hydrogen-bond donors (Lipinski definition) is 3. The monoisotopic (exact) mass is 506 g/mol. The van der Waals surface area contributed by atoms with Gasteiger partial charge in [-0.2, -0.15) is 28.5 Å². The van der Waals surface area contributed by atoms with Crippen LogP contribution in [0, 0.1) is 19.3 Å². The summed E-state index contributed by atoms with van der Waals surface area (Å²) in [6, 6.07) is 7.19. The molecule has 3 aromatic heterocycles. The molecule has 0 unspecified atom stereocenters. The van der Waals surface area contributed by atoms with Crippen LogP contribution in [0.4, 0.5) is 24.7 Å². The summed E-state index contributed by atoms with van der Waals surface area (Å²) in [4.78, 5) is 32.1. The number of carbonyl (C=O) groups is 1. The molecule has 0 radical (unpaired) electrons. The molecule has 4 heterocycles. The molecule has 1 amide bonds. The molecule has 3 N–H and O–H groups in total. The number of carbonyl (C=O) groups excluding carboxylic acids is 1. The van der Waals surface area contributed by atoms with Crippen LogP contribution in [0.5, 0.6) is 0 Å². The fourth-order valence-electron chi connectivity index (χ4n) is 3.96. The Hall–Kier alpha value is -4.96. The number of hydrazine groups is 1. The highest BCUT2D eigenvalue weighted by atomic mass is 19.4. The van der Waals surface area contributed by atoms with Crippen molar-refractivity contribution in [1.82, 2.24) is 25.2 Å². The highest BCUT2D eigenvalue weighted by Gasteiger charge is 2.41. The summed E-state index contributed by atoms with van der Waals surface area (Å²) in [5, 5.41) is 12.2. The maximum atomic E-state index is 14.3. The van der Waals surface area contributed by atoms with Gasteiger partial charge in [0.2, 0.25) is 0 Å². The average molecular weight is 506 g/mol. The third-order valence-corrected chi connectivity index (χ3v) is 5.63.